The van der Waals surface area contributed by atoms with Crippen LogP contribution >= 0.6 is 15.9 Å². The van der Waals surface area contributed by atoms with E-state index in [1.165, 1.54) is 0 Å². The topological polar surface area (TPSA) is 36.3 Å². The average Bonchev–Trinajstić information content (AvgIpc) is 2.24. The average molecular weight is 271 g/mol. The molecule has 15 heavy (non-hydrogen) atoms. The summed E-state index contributed by atoms with van der Waals surface area (Å²) < 4.78 is 19.2. The number of anilines is 1. The van der Waals surface area contributed by atoms with Gasteiger partial charge in [-0.25, -0.2) is 4.39 Å². The monoisotopic (exact) mass is 270 g/mol. The summed E-state index contributed by atoms with van der Waals surface area (Å²) in [7, 11) is 1.84. The summed E-state index contributed by atoms with van der Waals surface area (Å²) in [6.07, 6.45) is 0. The zero-order valence-corrected chi connectivity index (χ0v) is 9.64. The van der Waals surface area contributed by atoms with E-state index in [0.29, 0.717) is 18.8 Å². The molecule has 3 nitrogen and oxygen atoms in total. The molecule has 1 aliphatic rings. The van der Waals surface area contributed by atoms with Crippen LogP contribution in [0.5, 0.6) is 5.75 Å². The molecule has 0 unspecified atom stereocenters. The van der Waals surface area contributed by atoms with Gasteiger partial charge in [0.25, 0.3) is 0 Å². The second-order valence-electron chi connectivity index (χ2n) is 3.28. The van der Waals surface area contributed by atoms with Crippen molar-refractivity contribution in [1.29, 1.82) is 5.26 Å². The molecule has 0 aliphatic carbocycles. The lowest BCUT2D eigenvalue weighted by Crippen LogP contribution is -2.29. The minimum absolute atomic E-state index is 0.166. The van der Waals surface area contributed by atoms with Gasteiger partial charge in [-0.3, -0.25) is 0 Å². The first kappa shape index (κ1) is 10.2. The molecule has 0 N–H and O–H groups in total. The Hall–Kier alpha value is -1.28. The van der Waals surface area contributed by atoms with Crippen molar-refractivity contribution in [1.82, 2.24) is 0 Å². The van der Waals surface area contributed by atoms with Gasteiger partial charge in [0.2, 0.25) is 0 Å². The number of benzene rings is 1. The molecule has 0 fully saturated rings. The summed E-state index contributed by atoms with van der Waals surface area (Å²) in [6, 6.07) is 3.56. The Morgan fingerprint density at radius 1 is 1.67 bits per heavy atom. The Bertz CT molecular complexity index is 456. The van der Waals surface area contributed by atoms with E-state index in [1.807, 2.05) is 18.0 Å². The predicted octanol–water partition coefficient (Wildman–Crippen LogP) is 2.29. The van der Waals surface area contributed by atoms with Crippen molar-refractivity contribution in [2.75, 3.05) is 25.1 Å². The third-order valence-corrected chi connectivity index (χ3v) is 3.12. The molecule has 0 radical (unpaired) electrons. The van der Waals surface area contributed by atoms with Crippen LogP contribution in [-0.4, -0.2) is 20.2 Å². The number of rotatable bonds is 0. The van der Waals surface area contributed by atoms with Gasteiger partial charge in [-0.2, -0.15) is 5.26 Å². The van der Waals surface area contributed by atoms with Crippen LogP contribution in [0.25, 0.3) is 0 Å². The molecule has 5 heteroatoms. The van der Waals surface area contributed by atoms with Crippen LogP contribution in [0.2, 0.25) is 0 Å². The molecule has 1 aliphatic heterocycles. The van der Waals surface area contributed by atoms with Crippen LogP contribution in [0.3, 0.4) is 0 Å². The molecule has 0 amide bonds. The lowest BCUT2D eigenvalue weighted by molar-refractivity contribution is 0.294. The summed E-state index contributed by atoms with van der Waals surface area (Å²) in [4.78, 5) is 1.87. The lowest BCUT2D eigenvalue weighted by atomic mass is 10.1. The Morgan fingerprint density at radius 2 is 2.40 bits per heavy atom. The van der Waals surface area contributed by atoms with E-state index in [2.05, 4.69) is 15.9 Å². The molecule has 1 heterocycles. The molecule has 0 aromatic heterocycles. The fraction of sp³-hybridized carbons (Fsp3) is 0.300. The highest BCUT2D eigenvalue weighted by atomic mass is 79.9. The fourth-order valence-corrected chi connectivity index (χ4v) is 1.89. The second-order valence-corrected chi connectivity index (χ2v) is 4.08. The van der Waals surface area contributed by atoms with Crippen molar-refractivity contribution in [2.24, 2.45) is 0 Å². The highest BCUT2D eigenvalue weighted by Gasteiger charge is 2.23. The van der Waals surface area contributed by atoms with Crippen molar-refractivity contribution in [3.63, 3.8) is 0 Å². The van der Waals surface area contributed by atoms with Crippen molar-refractivity contribution >= 4 is 21.6 Å². The van der Waals surface area contributed by atoms with Gasteiger partial charge in [-0.15, -0.1) is 0 Å². The van der Waals surface area contributed by atoms with E-state index in [0.717, 1.165) is 0 Å². The van der Waals surface area contributed by atoms with Crippen LogP contribution in [-0.2, 0) is 0 Å². The van der Waals surface area contributed by atoms with Crippen LogP contribution in [0.15, 0.2) is 10.5 Å². The van der Waals surface area contributed by atoms with Crippen LogP contribution in [0, 0.1) is 17.1 Å². The van der Waals surface area contributed by atoms with Gasteiger partial charge >= 0.3 is 0 Å². The minimum Gasteiger partial charge on any atom is -0.486 e. The maximum atomic E-state index is 13.8. The quantitative estimate of drug-likeness (QED) is 0.726. The lowest BCUT2D eigenvalue weighted by Gasteiger charge is -2.28. The summed E-state index contributed by atoms with van der Waals surface area (Å²) >= 11 is 3.04. The van der Waals surface area contributed by atoms with Crippen LogP contribution < -0.4 is 9.64 Å². The fourth-order valence-electron chi connectivity index (χ4n) is 1.50. The number of likely N-dealkylation sites (N-methyl/N-ethyl adjacent to an activating group) is 1. The molecular formula is C10H8BrFN2O. The van der Waals surface area contributed by atoms with Gasteiger partial charge in [0.1, 0.15) is 12.7 Å². The zero-order chi connectivity index (χ0) is 11.0. The van der Waals surface area contributed by atoms with E-state index in [1.54, 1.807) is 6.07 Å². The highest BCUT2D eigenvalue weighted by molar-refractivity contribution is 9.10. The molecule has 1 aromatic carbocycles. The Labute approximate surface area is 95.2 Å². The first-order valence-electron chi connectivity index (χ1n) is 4.41. The maximum Gasteiger partial charge on any atom is 0.182 e. The molecule has 0 saturated heterocycles. The number of halogens is 2. The maximum absolute atomic E-state index is 13.8. The Balaban J connectivity index is 2.67. The summed E-state index contributed by atoms with van der Waals surface area (Å²) in [5, 5.41) is 8.82. The number of ether oxygens (including phenoxy) is 1. The Kier molecular flexibility index (Phi) is 2.53. The smallest absolute Gasteiger partial charge is 0.182 e. The van der Waals surface area contributed by atoms with E-state index in [9.17, 15) is 4.39 Å². The van der Waals surface area contributed by atoms with Gasteiger partial charge in [0.05, 0.1) is 22.3 Å². The second kappa shape index (κ2) is 3.70. The number of fused-ring (bicyclic) bond motifs is 1. The molecular weight excluding hydrogens is 263 g/mol. The number of hydrogen-bond donors (Lipinski definition) is 0. The van der Waals surface area contributed by atoms with E-state index >= 15 is 0 Å². The number of nitrogens with zero attached hydrogens (tertiary/aromatic N) is 2. The third kappa shape index (κ3) is 1.55. The third-order valence-electron chi connectivity index (χ3n) is 2.35. The molecule has 0 spiro atoms. The summed E-state index contributed by atoms with van der Waals surface area (Å²) in [5.74, 6) is -0.287. The first-order chi connectivity index (χ1) is 7.15. The Morgan fingerprint density at radius 3 is 3.07 bits per heavy atom. The van der Waals surface area contributed by atoms with Crippen LogP contribution in [0.4, 0.5) is 10.1 Å². The minimum atomic E-state index is -0.504. The summed E-state index contributed by atoms with van der Waals surface area (Å²) in [5.41, 5.74) is 0.905. The van der Waals surface area contributed by atoms with E-state index < -0.39 is 5.82 Å². The van der Waals surface area contributed by atoms with Crippen LogP contribution in [0.1, 0.15) is 5.56 Å². The van der Waals surface area contributed by atoms with Gasteiger partial charge < -0.3 is 9.64 Å². The number of hydrogen-bond acceptors (Lipinski definition) is 3. The highest BCUT2D eigenvalue weighted by Crippen LogP contribution is 2.39. The van der Waals surface area contributed by atoms with Gasteiger partial charge in [0.15, 0.2) is 11.6 Å². The normalized spacial score (nSPS) is 14.1. The molecule has 2 rings (SSSR count). The SMILES string of the molecule is CN1CCOc2c1cc(C#N)c(Br)c2F. The molecule has 0 saturated carbocycles. The van der Waals surface area contributed by atoms with Gasteiger partial charge in [-0.05, 0) is 22.0 Å². The molecule has 0 atom stereocenters. The predicted molar refractivity (Wildman–Crippen MR) is 57.6 cm³/mol. The molecule has 1 aromatic rings. The van der Waals surface area contributed by atoms with Crippen molar-refractivity contribution in [3.8, 4) is 11.8 Å². The van der Waals surface area contributed by atoms with Gasteiger partial charge in [-0.1, -0.05) is 0 Å². The molecule has 78 valence electrons. The zero-order valence-electron chi connectivity index (χ0n) is 8.05. The van der Waals surface area contributed by atoms with E-state index in [4.69, 9.17) is 10.00 Å². The van der Waals surface area contributed by atoms with Crippen molar-refractivity contribution in [3.05, 3.63) is 21.9 Å². The van der Waals surface area contributed by atoms with Gasteiger partial charge in [0, 0.05) is 7.05 Å². The largest absolute Gasteiger partial charge is 0.486 e. The number of nitriles is 1. The van der Waals surface area contributed by atoms with Crippen molar-refractivity contribution < 1.29 is 9.13 Å². The van der Waals surface area contributed by atoms with E-state index in [-0.39, 0.29) is 15.8 Å². The van der Waals surface area contributed by atoms with Crippen molar-refractivity contribution in [2.45, 2.75) is 0 Å². The molecule has 0 bridgehead atoms. The summed E-state index contributed by atoms with van der Waals surface area (Å²) in [6.45, 7) is 1.15. The first-order valence-corrected chi connectivity index (χ1v) is 5.20. The standard InChI is InChI=1S/C10H8BrFN2O/c1-14-2-3-15-10-7(14)4-6(5-13)8(11)9(10)12/h4H,2-3H2,1H3.